The van der Waals surface area contributed by atoms with Crippen LogP contribution in [0.1, 0.15) is 6.42 Å². The summed E-state index contributed by atoms with van der Waals surface area (Å²) in [5.41, 5.74) is 0.636. The summed E-state index contributed by atoms with van der Waals surface area (Å²) in [6, 6.07) is 5.22. The minimum absolute atomic E-state index is 0.0402. The van der Waals surface area contributed by atoms with Crippen LogP contribution in [-0.4, -0.2) is 64.4 Å². The van der Waals surface area contributed by atoms with Crippen molar-refractivity contribution in [3.8, 4) is 11.5 Å². The van der Waals surface area contributed by atoms with Crippen molar-refractivity contribution in [1.29, 1.82) is 0 Å². The maximum Gasteiger partial charge on any atom is 0.311 e. The van der Waals surface area contributed by atoms with Gasteiger partial charge in [0, 0.05) is 38.4 Å². The van der Waals surface area contributed by atoms with Crippen LogP contribution in [-0.2, 0) is 23.9 Å². The molecule has 1 fully saturated rings. The van der Waals surface area contributed by atoms with Crippen molar-refractivity contribution in [2.45, 2.75) is 6.42 Å². The summed E-state index contributed by atoms with van der Waals surface area (Å²) in [6.07, 6.45) is 0.0402. The Morgan fingerprint density at radius 1 is 1.26 bits per heavy atom. The van der Waals surface area contributed by atoms with Gasteiger partial charge in [0.1, 0.15) is 13.2 Å². The first-order valence-corrected chi connectivity index (χ1v) is 8.71. The largest absolute Gasteiger partial charge is 0.486 e. The molecule has 1 aromatic rings. The van der Waals surface area contributed by atoms with Gasteiger partial charge in [-0.3, -0.25) is 14.4 Å². The highest BCUT2D eigenvalue weighted by Gasteiger charge is 2.36. The van der Waals surface area contributed by atoms with Crippen molar-refractivity contribution in [2.24, 2.45) is 5.92 Å². The van der Waals surface area contributed by atoms with Crippen LogP contribution in [0, 0.1) is 5.92 Å². The molecule has 0 aromatic heterocycles. The highest BCUT2D eigenvalue weighted by Crippen LogP contribution is 2.36. The van der Waals surface area contributed by atoms with Gasteiger partial charge in [0.25, 0.3) is 5.91 Å². The average Bonchev–Trinajstić information content (AvgIpc) is 3.07. The number of carbonyl (C=O) groups excluding carboxylic acids is 3. The molecule has 0 radical (unpaired) electrons. The van der Waals surface area contributed by atoms with E-state index in [2.05, 4.69) is 5.32 Å². The van der Waals surface area contributed by atoms with Crippen LogP contribution in [0.15, 0.2) is 18.2 Å². The van der Waals surface area contributed by atoms with E-state index >= 15 is 0 Å². The van der Waals surface area contributed by atoms with Crippen molar-refractivity contribution in [3.05, 3.63) is 18.2 Å². The van der Waals surface area contributed by atoms with Gasteiger partial charge in [-0.25, -0.2) is 0 Å². The van der Waals surface area contributed by atoms with Gasteiger partial charge in [-0.1, -0.05) is 0 Å². The summed E-state index contributed by atoms with van der Waals surface area (Å²) in [7, 11) is 1.52. The molecule has 2 aliphatic heterocycles. The maximum absolute atomic E-state index is 12.3. The molecule has 9 nitrogen and oxygen atoms in total. The van der Waals surface area contributed by atoms with E-state index in [1.807, 2.05) is 0 Å². The van der Waals surface area contributed by atoms with Crippen molar-refractivity contribution in [2.75, 3.05) is 51.5 Å². The van der Waals surface area contributed by atoms with E-state index in [0.29, 0.717) is 43.6 Å². The molecule has 0 saturated carbocycles. The van der Waals surface area contributed by atoms with Crippen molar-refractivity contribution in [1.82, 2.24) is 5.32 Å². The van der Waals surface area contributed by atoms with Gasteiger partial charge >= 0.3 is 5.97 Å². The summed E-state index contributed by atoms with van der Waals surface area (Å²) in [5.74, 6) is -0.563. The number of methoxy groups -OCH3 is 1. The summed E-state index contributed by atoms with van der Waals surface area (Å²) < 4.78 is 20.8. The maximum atomic E-state index is 12.3. The van der Waals surface area contributed by atoms with Crippen LogP contribution < -0.4 is 19.7 Å². The average molecular weight is 378 g/mol. The summed E-state index contributed by atoms with van der Waals surface area (Å²) in [6.45, 7) is 1.47. The number of esters is 1. The molecule has 146 valence electrons. The number of hydrogen-bond acceptors (Lipinski definition) is 7. The fraction of sp³-hybridized carbons (Fsp3) is 0.500. The molecule has 0 spiro atoms. The number of anilines is 1. The topological polar surface area (TPSA) is 103 Å². The van der Waals surface area contributed by atoms with Crippen LogP contribution in [0.25, 0.3) is 0 Å². The normalized spacial score (nSPS) is 18.3. The molecule has 2 aliphatic rings. The van der Waals surface area contributed by atoms with Crippen LogP contribution in [0.3, 0.4) is 0 Å². The number of amides is 2. The van der Waals surface area contributed by atoms with Crippen LogP contribution in [0.4, 0.5) is 5.69 Å². The molecule has 27 heavy (non-hydrogen) atoms. The van der Waals surface area contributed by atoms with Crippen LogP contribution in [0.2, 0.25) is 0 Å². The minimum atomic E-state index is -0.613. The van der Waals surface area contributed by atoms with Gasteiger partial charge in [0.2, 0.25) is 5.91 Å². The molecule has 1 atom stereocenters. The zero-order valence-electron chi connectivity index (χ0n) is 15.1. The molecule has 0 unspecified atom stereocenters. The first-order valence-electron chi connectivity index (χ1n) is 8.71. The van der Waals surface area contributed by atoms with E-state index in [-0.39, 0.29) is 25.5 Å². The number of benzene rings is 1. The van der Waals surface area contributed by atoms with Crippen LogP contribution in [0.5, 0.6) is 11.5 Å². The number of carbonyl (C=O) groups is 3. The van der Waals surface area contributed by atoms with Gasteiger partial charge in [-0.15, -0.1) is 0 Å². The number of rotatable bonds is 7. The van der Waals surface area contributed by atoms with Crippen LogP contribution >= 0.6 is 0 Å². The second kappa shape index (κ2) is 8.72. The summed E-state index contributed by atoms with van der Waals surface area (Å²) in [5, 5.41) is 2.56. The van der Waals surface area contributed by atoms with E-state index in [1.54, 1.807) is 18.2 Å². The summed E-state index contributed by atoms with van der Waals surface area (Å²) in [4.78, 5) is 37.6. The predicted octanol–water partition coefficient (Wildman–Crippen LogP) is 0.117. The Bertz CT molecular complexity index is 722. The quantitative estimate of drug-likeness (QED) is 0.531. The molecule has 1 aromatic carbocycles. The standard InChI is InChI=1S/C18H22N2O7/c1-24-5-4-19-16(21)11-27-18(23)12-8-17(22)20(10-12)13-2-3-14-15(9-13)26-7-6-25-14/h2-3,9,12H,4-8,10-11H2,1H3,(H,19,21)/t12-/m1/s1. The zero-order chi connectivity index (χ0) is 19.2. The Morgan fingerprint density at radius 2 is 2.04 bits per heavy atom. The SMILES string of the molecule is COCCNC(=O)COC(=O)[C@@H]1CC(=O)N(c2ccc3c(c2)OCCO3)C1. The third kappa shape index (κ3) is 4.68. The molecular weight excluding hydrogens is 356 g/mol. The predicted molar refractivity (Wildman–Crippen MR) is 93.7 cm³/mol. The van der Waals surface area contributed by atoms with Gasteiger partial charge in [0.15, 0.2) is 18.1 Å². The van der Waals surface area contributed by atoms with Gasteiger partial charge < -0.3 is 29.2 Å². The first-order chi connectivity index (χ1) is 13.1. The molecular formula is C18H22N2O7. The lowest BCUT2D eigenvalue weighted by atomic mass is 10.1. The second-order valence-corrected chi connectivity index (χ2v) is 6.18. The molecule has 0 bridgehead atoms. The molecule has 0 aliphatic carbocycles. The van der Waals surface area contributed by atoms with E-state index in [9.17, 15) is 14.4 Å². The third-order valence-corrected chi connectivity index (χ3v) is 4.27. The number of fused-ring (bicyclic) bond motifs is 1. The lowest BCUT2D eigenvalue weighted by Crippen LogP contribution is -2.33. The molecule has 2 amide bonds. The Hall–Kier alpha value is -2.81. The van der Waals surface area contributed by atoms with E-state index in [1.165, 1.54) is 12.0 Å². The Kier molecular flexibility index (Phi) is 6.12. The monoisotopic (exact) mass is 378 g/mol. The highest BCUT2D eigenvalue weighted by atomic mass is 16.6. The van der Waals surface area contributed by atoms with Gasteiger partial charge in [0.05, 0.1) is 12.5 Å². The second-order valence-electron chi connectivity index (χ2n) is 6.18. The van der Waals surface area contributed by atoms with Crippen molar-refractivity contribution >= 4 is 23.5 Å². The third-order valence-electron chi connectivity index (χ3n) is 4.27. The molecule has 1 saturated heterocycles. The lowest BCUT2D eigenvalue weighted by molar-refractivity contribution is -0.152. The van der Waals surface area contributed by atoms with Gasteiger partial charge in [-0.2, -0.15) is 0 Å². The van der Waals surface area contributed by atoms with E-state index in [0.717, 1.165) is 0 Å². The number of nitrogens with one attached hydrogen (secondary N) is 1. The zero-order valence-corrected chi connectivity index (χ0v) is 15.1. The van der Waals surface area contributed by atoms with E-state index in [4.69, 9.17) is 18.9 Å². The molecule has 9 heteroatoms. The molecule has 1 N–H and O–H groups in total. The van der Waals surface area contributed by atoms with Gasteiger partial charge in [-0.05, 0) is 12.1 Å². The first kappa shape index (κ1) is 19.0. The lowest BCUT2D eigenvalue weighted by Gasteiger charge is -2.22. The smallest absolute Gasteiger partial charge is 0.311 e. The minimum Gasteiger partial charge on any atom is -0.486 e. The fourth-order valence-electron chi connectivity index (χ4n) is 2.91. The van der Waals surface area contributed by atoms with E-state index < -0.39 is 17.8 Å². The Labute approximate surface area is 156 Å². The Morgan fingerprint density at radius 3 is 2.81 bits per heavy atom. The number of hydrogen-bond donors (Lipinski definition) is 1. The molecule has 2 heterocycles. The van der Waals surface area contributed by atoms with Crippen molar-refractivity contribution in [3.63, 3.8) is 0 Å². The number of ether oxygens (including phenoxy) is 4. The molecule has 3 rings (SSSR count). The summed E-state index contributed by atoms with van der Waals surface area (Å²) >= 11 is 0. The Balaban J connectivity index is 1.54. The fourth-order valence-corrected chi connectivity index (χ4v) is 2.91. The number of nitrogens with zero attached hydrogens (tertiary/aromatic N) is 1. The van der Waals surface area contributed by atoms with Crippen molar-refractivity contribution < 1.29 is 33.3 Å². The highest BCUT2D eigenvalue weighted by molar-refractivity contribution is 5.99.